The Morgan fingerprint density at radius 3 is 1.67 bits per heavy atom. The van der Waals surface area contributed by atoms with E-state index in [0.717, 1.165) is 0 Å². The Hall–Kier alpha value is -0.460. The first-order valence-electron chi connectivity index (χ1n) is 4.06. The molecule has 0 saturated carbocycles. The molecule has 0 aliphatic carbocycles. The Balaban J connectivity index is 4.70. The number of hydrogen-bond acceptors (Lipinski definition) is 1. The molecular formula is C8H11F6O. The van der Waals surface area contributed by atoms with Crippen molar-refractivity contribution >= 4 is 0 Å². The summed E-state index contributed by atoms with van der Waals surface area (Å²) in [6, 6.07) is 0. The van der Waals surface area contributed by atoms with Crippen molar-refractivity contribution in [1.82, 2.24) is 0 Å². The summed E-state index contributed by atoms with van der Waals surface area (Å²) in [6.45, 7) is 2.84. The smallest absolute Gasteiger partial charge is 0.309 e. The van der Waals surface area contributed by atoms with Gasteiger partial charge in [0.15, 0.2) is 0 Å². The van der Waals surface area contributed by atoms with E-state index in [4.69, 9.17) is 0 Å². The fourth-order valence-corrected chi connectivity index (χ4v) is 0.551. The van der Waals surface area contributed by atoms with Crippen LogP contribution in [0.5, 0.6) is 0 Å². The number of alkyl halides is 6. The molecule has 0 aromatic rings. The lowest BCUT2D eigenvalue weighted by atomic mass is 10.2. The molecule has 0 bridgehead atoms. The molecule has 0 aliphatic heterocycles. The average molecular weight is 237 g/mol. The van der Waals surface area contributed by atoms with Crippen LogP contribution in [-0.2, 0) is 4.74 Å². The highest BCUT2D eigenvalue weighted by atomic mass is 19.3. The minimum absolute atomic E-state index is 0.292. The van der Waals surface area contributed by atoms with E-state index in [-0.39, 0.29) is 6.92 Å². The molecule has 0 rings (SSSR count). The van der Waals surface area contributed by atoms with Crippen molar-refractivity contribution in [3.8, 4) is 0 Å². The predicted molar refractivity (Wildman–Crippen MR) is 40.7 cm³/mol. The van der Waals surface area contributed by atoms with Gasteiger partial charge in [-0.05, 0) is 5.92 Å². The largest absolute Gasteiger partial charge is 0.426 e. The van der Waals surface area contributed by atoms with E-state index in [0.29, 0.717) is 6.61 Å². The van der Waals surface area contributed by atoms with E-state index in [1.165, 1.54) is 13.8 Å². The van der Waals surface area contributed by atoms with Gasteiger partial charge < -0.3 is 4.74 Å². The van der Waals surface area contributed by atoms with E-state index >= 15 is 0 Å². The summed E-state index contributed by atoms with van der Waals surface area (Å²) in [7, 11) is 0. The maximum atomic E-state index is 12.6. The molecule has 0 N–H and O–H groups in total. The molecule has 0 fully saturated rings. The van der Waals surface area contributed by atoms with Gasteiger partial charge in [-0.25, -0.2) is 0 Å². The van der Waals surface area contributed by atoms with Gasteiger partial charge in [-0.1, -0.05) is 13.8 Å². The minimum Gasteiger partial charge on any atom is -0.309 e. The zero-order valence-corrected chi connectivity index (χ0v) is 8.33. The Kier molecular flexibility index (Phi) is 4.06. The molecule has 1 nitrogen and oxygen atoms in total. The number of hydrogen-bond donors (Lipinski definition) is 0. The molecule has 15 heavy (non-hydrogen) atoms. The molecule has 0 amide bonds. The van der Waals surface area contributed by atoms with E-state index in [1.807, 2.05) is 0 Å². The number of halogens is 6. The summed E-state index contributed by atoms with van der Waals surface area (Å²) in [5.41, 5.74) is 0. The second kappa shape index (κ2) is 4.19. The molecule has 0 unspecified atom stereocenters. The van der Waals surface area contributed by atoms with Gasteiger partial charge in [-0.15, -0.1) is 0 Å². The van der Waals surface area contributed by atoms with Gasteiger partial charge in [0, 0.05) is 6.92 Å². The van der Waals surface area contributed by atoms with E-state index < -0.39 is 23.9 Å². The standard InChI is InChI=1S/C8H11F6O/c1-5(2)4-15-8(13,14)7(11,12)6(3,9)10/h4-5H,1-3H3. The van der Waals surface area contributed by atoms with E-state index in [9.17, 15) is 26.3 Å². The van der Waals surface area contributed by atoms with Gasteiger partial charge in [0.05, 0.1) is 6.61 Å². The van der Waals surface area contributed by atoms with Crippen molar-refractivity contribution < 1.29 is 31.1 Å². The second-order valence-corrected chi connectivity index (χ2v) is 3.48. The molecule has 7 heteroatoms. The summed E-state index contributed by atoms with van der Waals surface area (Å²) < 4.78 is 78.0. The average Bonchev–Trinajstić information content (AvgIpc) is 1.98. The summed E-state index contributed by atoms with van der Waals surface area (Å²) in [6.07, 6.45) is -5.23. The molecule has 0 aliphatic rings. The van der Waals surface area contributed by atoms with Crippen LogP contribution >= 0.6 is 0 Å². The molecule has 0 saturated heterocycles. The van der Waals surface area contributed by atoms with Crippen molar-refractivity contribution in [2.45, 2.75) is 38.7 Å². The normalized spacial score (nSPS) is 14.8. The third kappa shape index (κ3) is 3.25. The van der Waals surface area contributed by atoms with Crippen LogP contribution < -0.4 is 0 Å². The molecule has 0 spiro atoms. The Bertz CT molecular complexity index is 208. The van der Waals surface area contributed by atoms with Crippen molar-refractivity contribution in [1.29, 1.82) is 0 Å². The van der Waals surface area contributed by atoms with Gasteiger partial charge >= 0.3 is 18.0 Å². The van der Waals surface area contributed by atoms with Crippen LogP contribution in [0.25, 0.3) is 0 Å². The topological polar surface area (TPSA) is 9.23 Å². The molecule has 0 aromatic carbocycles. The van der Waals surface area contributed by atoms with Gasteiger partial charge in [0.1, 0.15) is 0 Å². The zero-order valence-electron chi connectivity index (χ0n) is 8.33. The monoisotopic (exact) mass is 237 g/mol. The lowest BCUT2D eigenvalue weighted by molar-refractivity contribution is -0.387. The van der Waals surface area contributed by atoms with Crippen molar-refractivity contribution in [2.24, 2.45) is 5.92 Å². The highest BCUT2D eigenvalue weighted by molar-refractivity contribution is 4.89. The minimum atomic E-state index is -5.55. The fourth-order valence-electron chi connectivity index (χ4n) is 0.551. The Labute approximate surface area is 83.4 Å². The molecule has 91 valence electrons. The second-order valence-electron chi connectivity index (χ2n) is 3.48. The predicted octanol–water partition coefficient (Wildman–Crippen LogP) is 3.70. The quantitative estimate of drug-likeness (QED) is 0.662. The van der Waals surface area contributed by atoms with Crippen molar-refractivity contribution in [3.05, 3.63) is 6.61 Å². The maximum absolute atomic E-state index is 12.6. The molecule has 0 aromatic heterocycles. The van der Waals surface area contributed by atoms with Crippen LogP contribution in [0.4, 0.5) is 26.3 Å². The molecular weight excluding hydrogens is 226 g/mol. The van der Waals surface area contributed by atoms with Crippen molar-refractivity contribution in [3.63, 3.8) is 0 Å². The number of ether oxygens (including phenoxy) is 1. The number of rotatable bonds is 5. The van der Waals surface area contributed by atoms with Crippen LogP contribution in [0, 0.1) is 12.5 Å². The van der Waals surface area contributed by atoms with Gasteiger partial charge in [-0.3, -0.25) is 0 Å². The molecule has 0 atom stereocenters. The van der Waals surface area contributed by atoms with Crippen LogP contribution in [0.3, 0.4) is 0 Å². The third-order valence-electron chi connectivity index (χ3n) is 1.41. The Morgan fingerprint density at radius 1 is 1.00 bits per heavy atom. The Morgan fingerprint density at radius 2 is 1.40 bits per heavy atom. The third-order valence-corrected chi connectivity index (χ3v) is 1.41. The van der Waals surface area contributed by atoms with Crippen molar-refractivity contribution in [2.75, 3.05) is 0 Å². The highest BCUT2D eigenvalue weighted by Crippen LogP contribution is 2.46. The highest BCUT2D eigenvalue weighted by Gasteiger charge is 2.70. The summed E-state index contributed by atoms with van der Waals surface area (Å²) in [5, 5.41) is 0. The van der Waals surface area contributed by atoms with Gasteiger partial charge in [0.25, 0.3) is 0 Å². The molecule has 0 heterocycles. The summed E-state index contributed by atoms with van der Waals surface area (Å²) in [5.74, 6) is -11.0. The summed E-state index contributed by atoms with van der Waals surface area (Å²) in [4.78, 5) is 0. The SMILES string of the molecule is CC(C)[CH]OC(F)(F)C(F)(F)C(C)(F)F. The summed E-state index contributed by atoms with van der Waals surface area (Å²) >= 11 is 0. The lowest BCUT2D eigenvalue weighted by Gasteiger charge is -2.30. The molecule has 1 radical (unpaired) electrons. The van der Waals surface area contributed by atoms with Crippen LogP contribution in [0.15, 0.2) is 0 Å². The van der Waals surface area contributed by atoms with Crippen LogP contribution in [0.1, 0.15) is 20.8 Å². The van der Waals surface area contributed by atoms with Gasteiger partial charge in [-0.2, -0.15) is 26.3 Å². The first-order valence-corrected chi connectivity index (χ1v) is 4.06. The maximum Gasteiger partial charge on any atom is 0.426 e. The fraction of sp³-hybridized carbons (Fsp3) is 0.875. The zero-order chi connectivity index (χ0) is 12.5. The lowest BCUT2D eigenvalue weighted by Crippen LogP contribution is -2.53. The first kappa shape index (κ1) is 14.5. The van der Waals surface area contributed by atoms with Crippen LogP contribution in [-0.4, -0.2) is 18.0 Å². The van der Waals surface area contributed by atoms with Crippen LogP contribution in [0.2, 0.25) is 0 Å². The van der Waals surface area contributed by atoms with Gasteiger partial charge in [0.2, 0.25) is 0 Å². The van der Waals surface area contributed by atoms with E-state index in [2.05, 4.69) is 4.74 Å². The first-order chi connectivity index (χ1) is 6.42. The van der Waals surface area contributed by atoms with E-state index in [1.54, 1.807) is 0 Å².